The van der Waals surface area contributed by atoms with E-state index < -0.39 is 5.97 Å². The average Bonchev–Trinajstić information content (AvgIpc) is 2.45. The summed E-state index contributed by atoms with van der Waals surface area (Å²) in [5.41, 5.74) is 1.66. The van der Waals surface area contributed by atoms with E-state index >= 15 is 0 Å². The summed E-state index contributed by atoms with van der Waals surface area (Å²) in [6, 6.07) is 9.56. The topological polar surface area (TPSA) is 73.1 Å². The van der Waals surface area contributed by atoms with E-state index in [4.69, 9.17) is 5.26 Å². The van der Waals surface area contributed by atoms with E-state index in [0.29, 0.717) is 12.1 Å². The molecule has 1 fully saturated rings. The molecule has 1 aromatic rings. The number of benzene rings is 1. The maximum absolute atomic E-state index is 11.2. The summed E-state index contributed by atoms with van der Waals surface area (Å²) in [5, 5.41) is 21.4. The number of aliphatic carboxylic acids is 1. The van der Waals surface area contributed by atoms with Crippen molar-refractivity contribution in [1.82, 2.24) is 5.32 Å². The third-order valence-electron chi connectivity index (χ3n) is 3.71. The molecule has 4 nitrogen and oxygen atoms in total. The van der Waals surface area contributed by atoms with Crippen molar-refractivity contribution >= 4 is 18.4 Å². The Morgan fingerprint density at radius 2 is 2.15 bits per heavy atom. The first-order valence-electron chi connectivity index (χ1n) is 6.66. The number of carboxylic acid groups (broad SMARTS) is 1. The predicted octanol–water partition coefficient (Wildman–Crippen LogP) is 2.71. The number of hydrogen-bond acceptors (Lipinski definition) is 3. The number of carboxylic acids is 1. The van der Waals surface area contributed by atoms with E-state index in [1.165, 1.54) is 0 Å². The first kappa shape index (κ1) is 16.5. The Morgan fingerprint density at radius 1 is 1.40 bits per heavy atom. The normalized spacial score (nSPS) is 21.6. The van der Waals surface area contributed by atoms with Gasteiger partial charge in [0.15, 0.2) is 0 Å². The van der Waals surface area contributed by atoms with E-state index in [-0.39, 0.29) is 24.4 Å². The van der Waals surface area contributed by atoms with Crippen LogP contribution in [0.2, 0.25) is 0 Å². The summed E-state index contributed by atoms with van der Waals surface area (Å²) >= 11 is 0. The molecular formula is C15H19ClN2O2. The minimum atomic E-state index is -0.706. The van der Waals surface area contributed by atoms with Crippen LogP contribution in [-0.4, -0.2) is 17.1 Å². The van der Waals surface area contributed by atoms with E-state index in [1.54, 1.807) is 6.07 Å². The maximum atomic E-state index is 11.2. The van der Waals surface area contributed by atoms with Crippen molar-refractivity contribution in [2.45, 2.75) is 38.3 Å². The van der Waals surface area contributed by atoms with Gasteiger partial charge in [-0.1, -0.05) is 25.0 Å². The van der Waals surface area contributed by atoms with Gasteiger partial charge in [0.05, 0.1) is 17.6 Å². The molecule has 2 rings (SSSR count). The molecule has 0 spiro atoms. The Morgan fingerprint density at radius 3 is 2.85 bits per heavy atom. The van der Waals surface area contributed by atoms with Crippen LogP contribution < -0.4 is 5.32 Å². The molecular weight excluding hydrogens is 276 g/mol. The Bertz CT molecular complexity index is 499. The summed E-state index contributed by atoms with van der Waals surface area (Å²) in [6.07, 6.45) is 3.75. The number of hydrogen-bond donors (Lipinski definition) is 2. The lowest BCUT2D eigenvalue weighted by Crippen LogP contribution is -2.41. The third-order valence-corrected chi connectivity index (χ3v) is 3.71. The van der Waals surface area contributed by atoms with Crippen molar-refractivity contribution in [3.63, 3.8) is 0 Å². The molecule has 0 heterocycles. The van der Waals surface area contributed by atoms with Gasteiger partial charge < -0.3 is 10.4 Å². The molecule has 5 heteroatoms. The molecule has 108 valence electrons. The molecule has 0 radical (unpaired) electrons. The highest BCUT2D eigenvalue weighted by Gasteiger charge is 2.30. The van der Waals surface area contributed by atoms with Crippen molar-refractivity contribution in [3.8, 4) is 6.07 Å². The van der Waals surface area contributed by atoms with Gasteiger partial charge in [0, 0.05) is 12.6 Å². The lowest BCUT2D eigenvalue weighted by molar-refractivity contribution is -0.143. The van der Waals surface area contributed by atoms with E-state index in [9.17, 15) is 9.90 Å². The predicted molar refractivity (Wildman–Crippen MR) is 78.6 cm³/mol. The highest BCUT2D eigenvalue weighted by molar-refractivity contribution is 5.85. The van der Waals surface area contributed by atoms with Crippen molar-refractivity contribution in [2.24, 2.45) is 5.92 Å². The monoisotopic (exact) mass is 294 g/mol. The van der Waals surface area contributed by atoms with Crippen LogP contribution in [0.5, 0.6) is 0 Å². The summed E-state index contributed by atoms with van der Waals surface area (Å²) in [6.45, 7) is 0.615. The van der Waals surface area contributed by atoms with E-state index in [2.05, 4.69) is 11.4 Å². The SMILES string of the molecule is Cl.N#Cc1cccc(CNC2CCCCC2C(=O)O)c1. The first-order chi connectivity index (χ1) is 9.20. The van der Waals surface area contributed by atoms with Crippen LogP contribution >= 0.6 is 12.4 Å². The molecule has 2 unspecified atom stereocenters. The smallest absolute Gasteiger partial charge is 0.308 e. The Labute approximate surface area is 125 Å². The number of carbonyl (C=O) groups is 1. The van der Waals surface area contributed by atoms with Crippen LogP contribution in [0.25, 0.3) is 0 Å². The zero-order valence-corrected chi connectivity index (χ0v) is 12.0. The molecule has 2 atom stereocenters. The average molecular weight is 295 g/mol. The first-order valence-corrected chi connectivity index (χ1v) is 6.66. The number of nitrogens with one attached hydrogen (secondary N) is 1. The van der Waals surface area contributed by atoms with Gasteiger partial charge in [-0.05, 0) is 30.5 Å². The van der Waals surface area contributed by atoms with Crippen LogP contribution in [0, 0.1) is 17.2 Å². The molecule has 0 bridgehead atoms. The minimum Gasteiger partial charge on any atom is -0.481 e. The van der Waals surface area contributed by atoms with Crippen LogP contribution in [0.1, 0.15) is 36.8 Å². The maximum Gasteiger partial charge on any atom is 0.308 e. The van der Waals surface area contributed by atoms with Gasteiger partial charge >= 0.3 is 5.97 Å². The largest absolute Gasteiger partial charge is 0.481 e. The molecule has 0 saturated heterocycles. The molecule has 1 saturated carbocycles. The van der Waals surface area contributed by atoms with Crippen LogP contribution in [-0.2, 0) is 11.3 Å². The van der Waals surface area contributed by atoms with Gasteiger partial charge in [-0.25, -0.2) is 0 Å². The van der Waals surface area contributed by atoms with Crippen molar-refractivity contribution < 1.29 is 9.90 Å². The number of nitrogens with zero attached hydrogens (tertiary/aromatic N) is 1. The Hall–Kier alpha value is -1.57. The Balaban J connectivity index is 0.00000200. The second-order valence-electron chi connectivity index (χ2n) is 5.03. The Kier molecular flexibility index (Phi) is 6.50. The van der Waals surface area contributed by atoms with Gasteiger partial charge in [0.2, 0.25) is 0 Å². The highest BCUT2D eigenvalue weighted by Crippen LogP contribution is 2.25. The molecule has 0 amide bonds. The number of rotatable bonds is 4. The van der Waals surface area contributed by atoms with Crippen molar-refractivity contribution in [2.75, 3.05) is 0 Å². The zero-order chi connectivity index (χ0) is 13.7. The number of halogens is 1. The lowest BCUT2D eigenvalue weighted by Gasteiger charge is -2.29. The van der Waals surface area contributed by atoms with Gasteiger partial charge in [0.25, 0.3) is 0 Å². The quantitative estimate of drug-likeness (QED) is 0.895. The lowest BCUT2D eigenvalue weighted by atomic mass is 9.84. The van der Waals surface area contributed by atoms with Crippen molar-refractivity contribution in [3.05, 3.63) is 35.4 Å². The fraction of sp³-hybridized carbons (Fsp3) is 0.467. The van der Waals surface area contributed by atoms with E-state index in [1.807, 2.05) is 18.2 Å². The standard InChI is InChI=1S/C15H18N2O2.ClH/c16-9-11-4-3-5-12(8-11)10-17-14-7-2-1-6-13(14)15(18)19;/h3-5,8,13-14,17H,1-2,6-7,10H2,(H,18,19);1H. The fourth-order valence-electron chi connectivity index (χ4n) is 2.67. The summed E-state index contributed by atoms with van der Waals surface area (Å²) in [7, 11) is 0. The van der Waals surface area contributed by atoms with Gasteiger partial charge in [-0.2, -0.15) is 5.26 Å². The van der Waals surface area contributed by atoms with Crippen LogP contribution in [0.15, 0.2) is 24.3 Å². The molecule has 1 aliphatic carbocycles. The van der Waals surface area contributed by atoms with Crippen LogP contribution in [0.3, 0.4) is 0 Å². The number of nitriles is 1. The molecule has 20 heavy (non-hydrogen) atoms. The summed E-state index contributed by atoms with van der Waals surface area (Å²) in [4.78, 5) is 11.2. The molecule has 1 aliphatic rings. The molecule has 0 aromatic heterocycles. The third kappa shape index (κ3) is 4.22. The molecule has 0 aliphatic heterocycles. The summed E-state index contributed by atoms with van der Waals surface area (Å²) < 4.78 is 0. The van der Waals surface area contributed by atoms with Gasteiger partial charge in [0.1, 0.15) is 0 Å². The van der Waals surface area contributed by atoms with Gasteiger partial charge in [-0.3, -0.25) is 4.79 Å². The van der Waals surface area contributed by atoms with Crippen molar-refractivity contribution in [1.29, 1.82) is 5.26 Å². The van der Waals surface area contributed by atoms with Crippen LogP contribution in [0.4, 0.5) is 0 Å². The van der Waals surface area contributed by atoms with Gasteiger partial charge in [-0.15, -0.1) is 12.4 Å². The second-order valence-corrected chi connectivity index (χ2v) is 5.03. The zero-order valence-electron chi connectivity index (χ0n) is 11.2. The molecule has 1 aromatic carbocycles. The fourth-order valence-corrected chi connectivity index (χ4v) is 2.67. The van der Waals surface area contributed by atoms with E-state index in [0.717, 1.165) is 31.2 Å². The minimum absolute atomic E-state index is 0. The molecule has 2 N–H and O–H groups in total. The highest BCUT2D eigenvalue weighted by atomic mass is 35.5. The second kappa shape index (κ2) is 7.88. The summed E-state index contributed by atoms with van der Waals surface area (Å²) in [5.74, 6) is -0.990.